The number of carbonyl (C=O) groups is 1. The summed E-state index contributed by atoms with van der Waals surface area (Å²) < 4.78 is 11.2. The van der Waals surface area contributed by atoms with E-state index in [1.54, 1.807) is 7.05 Å². The summed E-state index contributed by atoms with van der Waals surface area (Å²) in [5, 5.41) is 3.16. The van der Waals surface area contributed by atoms with Gasteiger partial charge >= 0.3 is 5.97 Å². The van der Waals surface area contributed by atoms with Crippen LogP contribution < -0.4 is 10.1 Å². The van der Waals surface area contributed by atoms with Crippen LogP contribution in [0.1, 0.15) is 30.9 Å². The molecule has 2 rings (SSSR count). The van der Waals surface area contributed by atoms with Crippen molar-refractivity contribution in [1.82, 2.24) is 5.32 Å². The lowest BCUT2D eigenvalue weighted by atomic mass is 9.94. The molecule has 0 spiro atoms. The zero-order valence-electron chi connectivity index (χ0n) is 13.4. The van der Waals surface area contributed by atoms with Crippen molar-refractivity contribution in [3.05, 3.63) is 29.3 Å². The SMILES string of the molecule is CCOC(=O)C(COc1cc(C)cc(C)c1)(NC)C1CC1. The maximum Gasteiger partial charge on any atom is 0.330 e. The zero-order valence-corrected chi connectivity index (χ0v) is 13.4. The molecule has 1 N–H and O–H groups in total. The molecule has 1 unspecified atom stereocenters. The van der Waals surface area contributed by atoms with Crippen LogP contribution in [0.3, 0.4) is 0 Å². The van der Waals surface area contributed by atoms with Gasteiger partial charge in [0.05, 0.1) is 6.61 Å². The van der Waals surface area contributed by atoms with E-state index < -0.39 is 5.54 Å². The number of likely N-dealkylation sites (N-methyl/N-ethyl adjacent to an activating group) is 1. The first kappa shape index (κ1) is 15.8. The third-order valence-corrected chi connectivity index (χ3v) is 4.02. The second-order valence-corrected chi connectivity index (χ2v) is 5.83. The lowest BCUT2D eigenvalue weighted by molar-refractivity contribution is -0.153. The van der Waals surface area contributed by atoms with Gasteiger partial charge in [-0.1, -0.05) is 6.07 Å². The average molecular weight is 291 g/mol. The Balaban J connectivity index is 2.13. The topological polar surface area (TPSA) is 47.6 Å². The summed E-state index contributed by atoms with van der Waals surface area (Å²) in [7, 11) is 1.81. The Morgan fingerprint density at radius 3 is 2.38 bits per heavy atom. The monoisotopic (exact) mass is 291 g/mol. The number of rotatable bonds is 7. The summed E-state index contributed by atoms with van der Waals surface area (Å²) in [5.41, 5.74) is 1.58. The van der Waals surface area contributed by atoms with Crippen molar-refractivity contribution in [2.75, 3.05) is 20.3 Å². The van der Waals surface area contributed by atoms with E-state index in [4.69, 9.17) is 9.47 Å². The highest BCUT2D eigenvalue weighted by atomic mass is 16.5. The fourth-order valence-corrected chi connectivity index (χ4v) is 2.77. The van der Waals surface area contributed by atoms with E-state index in [9.17, 15) is 4.79 Å². The Labute approximate surface area is 126 Å². The molecule has 1 aromatic carbocycles. The number of aryl methyl sites for hydroxylation is 2. The van der Waals surface area contributed by atoms with Crippen molar-refractivity contribution in [2.24, 2.45) is 5.92 Å². The minimum absolute atomic E-state index is 0.209. The first-order valence-electron chi connectivity index (χ1n) is 7.59. The zero-order chi connectivity index (χ0) is 15.5. The van der Waals surface area contributed by atoms with E-state index in [1.165, 1.54) is 0 Å². The van der Waals surface area contributed by atoms with Gasteiger partial charge in [-0.05, 0) is 69.8 Å². The van der Waals surface area contributed by atoms with Crippen LogP contribution in [-0.4, -0.2) is 31.8 Å². The van der Waals surface area contributed by atoms with E-state index >= 15 is 0 Å². The molecule has 0 bridgehead atoms. The molecule has 1 aliphatic rings. The maximum atomic E-state index is 12.4. The first-order valence-corrected chi connectivity index (χ1v) is 7.59. The molecule has 0 amide bonds. The van der Waals surface area contributed by atoms with Gasteiger partial charge in [-0.3, -0.25) is 0 Å². The Hall–Kier alpha value is -1.55. The summed E-state index contributed by atoms with van der Waals surface area (Å²) in [6.45, 7) is 6.60. The Bertz CT molecular complexity index is 491. The van der Waals surface area contributed by atoms with E-state index in [1.807, 2.05) is 32.9 Å². The second-order valence-electron chi connectivity index (χ2n) is 5.83. The highest BCUT2D eigenvalue weighted by Crippen LogP contribution is 2.40. The number of carbonyl (C=O) groups excluding carboxylic acids is 1. The molecule has 1 aliphatic carbocycles. The summed E-state index contributed by atoms with van der Waals surface area (Å²) >= 11 is 0. The predicted molar refractivity (Wildman–Crippen MR) is 82.6 cm³/mol. The van der Waals surface area contributed by atoms with Crippen LogP contribution in [0.4, 0.5) is 0 Å². The molecule has 0 aliphatic heterocycles. The number of hydrogen-bond acceptors (Lipinski definition) is 4. The van der Waals surface area contributed by atoms with Crippen molar-refractivity contribution < 1.29 is 14.3 Å². The van der Waals surface area contributed by atoms with Gasteiger partial charge in [-0.25, -0.2) is 4.79 Å². The quantitative estimate of drug-likeness (QED) is 0.785. The van der Waals surface area contributed by atoms with Gasteiger partial charge in [-0.2, -0.15) is 0 Å². The minimum Gasteiger partial charge on any atom is -0.491 e. The van der Waals surface area contributed by atoms with E-state index in [-0.39, 0.29) is 5.97 Å². The molecule has 116 valence electrons. The second kappa shape index (κ2) is 6.48. The fourth-order valence-electron chi connectivity index (χ4n) is 2.77. The number of benzene rings is 1. The molecule has 1 aromatic rings. The fraction of sp³-hybridized carbons (Fsp3) is 0.588. The number of nitrogens with one attached hydrogen (secondary N) is 1. The molecular formula is C17H25NO3. The standard InChI is InChI=1S/C17H25NO3/c1-5-20-16(19)17(18-4,14-6-7-14)11-21-15-9-12(2)8-13(3)10-15/h8-10,14,18H,5-7,11H2,1-4H3. The van der Waals surface area contributed by atoms with Crippen LogP contribution >= 0.6 is 0 Å². The van der Waals surface area contributed by atoms with Crippen LogP contribution in [0, 0.1) is 19.8 Å². The lowest BCUT2D eigenvalue weighted by Crippen LogP contribution is -2.57. The van der Waals surface area contributed by atoms with Gasteiger partial charge < -0.3 is 14.8 Å². The van der Waals surface area contributed by atoms with Crippen molar-refractivity contribution in [3.63, 3.8) is 0 Å². The highest BCUT2D eigenvalue weighted by molar-refractivity contribution is 5.82. The molecule has 1 fully saturated rings. The molecule has 1 saturated carbocycles. The molecule has 4 nitrogen and oxygen atoms in total. The van der Waals surface area contributed by atoms with Crippen LogP contribution in [0.2, 0.25) is 0 Å². The first-order chi connectivity index (χ1) is 10.0. The predicted octanol–water partition coefficient (Wildman–Crippen LogP) is 2.61. The number of ether oxygens (including phenoxy) is 2. The van der Waals surface area contributed by atoms with E-state index in [0.29, 0.717) is 19.1 Å². The third-order valence-electron chi connectivity index (χ3n) is 4.02. The molecule has 1 atom stereocenters. The number of hydrogen-bond donors (Lipinski definition) is 1. The molecule has 0 radical (unpaired) electrons. The summed E-state index contributed by atoms with van der Waals surface area (Å²) in [4.78, 5) is 12.4. The molecular weight excluding hydrogens is 266 g/mol. The molecule has 0 saturated heterocycles. The Morgan fingerprint density at radius 2 is 1.90 bits per heavy atom. The van der Waals surface area contributed by atoms with Crippen LogP contribution in [0.25, 0.3) is 0 Å². The van der Waals surface area contributed by atoms with E-state index in [2.05, 4.69) is 11.4 Å². The largest absolute Gasteiger partial charge is 0.491 e. The maximum absolute atomic E-state index is 12.4. The summed E-state index contributed by atoms with van der Waals surface area (Å²) in [5.74, 6) is 0.893. The van der Waals surface area contributed by atoms with Crippen LogP contribution in [-0.2, 0) is 9.53 Å². The van der Waals surface area contributed by atoms with Crippen molar-refractivity contribution in [2.45, 2.75) is 39.2 Å². The van der Waals surface area contributed by atoms with Gasteiger partial charge in [0.25, 0.3) is 0 Å². The highest BCUT2D eigenvalue weighted by Gasteiger charge is 2.52. The minimum atomic E-state index is -0.729. The average Bonchev–Trinajstić information content (AvgIpc) is 3.24. The summed E-state index contributed by atoms with van der Waals surface area (Å²) in [6.07, 6.45) is 2.08. The lowest BCUT2D eigenvalue weighted by Gasteiger charge is -2.31. The molecule has 4 heteroatoms. The number of esters is 1. The Kier molecular flexibility index (Phi) is 4.88. The van der Waals surface area contributed by atoms with Gasteiger partial charge in [0, 0.05) is 0 Å². The molecule has 21 heavy (non-hydrogen) atoms. The van der Waals surface area contributed by atoms with Crippen LogP contribution in [0.5, 0.6) is 5.75 Å². The van der Waals surface area contributed by atoms with Gasteiger partial charge in [-0.15, -0.1) is 0 Å². The molecule has 0 heterocycles. The van der Waals surface area contributed by atoms with Crippen LogP contribution in [0.15, 0.2) is 18.2 Å². The van der Waals surface area contributed by atoms with Crippen molar-refractivity contribution >= 4 is 5.97 Å². The van der Waals surface area contributed by atoms with Crippen molar-refractivity contribution in [3.8, 4) is 5.75 Å². The van der Waals surface area contributed by atoms with Gasteiger partial charge in [0.15, 0.2) is 5.54 Å². The smallest absolute Gasteiger partial charge is 0.330 e. The normalized spacial score (nSPS) is 17.1. The van der Waals surface area contributed by atoms with Gasteiger partial charge in [0.2, 0.25) is 0 Å². The third kappa shape index (κ3) is 3.56. The van der Waals surface area contributed by atoms with E-state index in [0.717, 1.165) is 29.7 Å². The summed E-state index contributed by atoms with van der Waals surface area (Å²) in [6, 6.07) is 6.08. The van der Waals surface area contributed by atoms with Crippen molar-refractivity contribution in [1.29, 1.82) is 0 Å². The Morgan fingerprint density at radius 1 is 1.29 bits per heavy atom. The molecule has 0 aromatic heterocycles. The van der Waals surface area contributed by atoms with Gasteiger partial charge in [0.1, 0.15) is 12.4 Å².